The molecule has 1 N–H and O–H groups in total. The largest absolute Gasteiger partial charge is 0.495 e. The summed E-state index contributed by atoms with van der Waals surface area (Å²) in [7, 11) is -2.20. The summed E-state index contributed by atoms with van der Waals surface area (Å²) >= 11 is 5.99. The van der Waals surface area contributed by atoms with E-state index in [2.05, 4.69) is 14.8 Å². The van der Waals surface area contributed by atoms with E-state index in [-0.39, 0.29) is 16.5 Å². The molecule has 0 aliphatic rings. The molecule has 0 fully saturated rings. The molecule has 1 aromatic carbocycles. The molecule has 3 rings (SSSR count). The molecular weight excluding hydrogens is 376 g/mol. The second-order valence-electron chi connectivity index (χ2n) is 5.37. The van der Waals surface area contributed by atoms with Crippen molar-refractivity contribution in [1.29, 1.82) is 0 Å². The number of nitrogens with one attached hydrogen (secondary N) is 1. The van der Waals surface area contributed by atoms with E-state index in [9.17, 15) is 8.42 Å². The normalized spacial score (nSPS) is 11.5. The molecule has 26 heavy (non-hydrogen) atoms. The van der Waals surface area contributed by atoms with E-state index < -0.39 is 10.0 Å². The van der Waals surface area contributed by atoms with E-state index in [0.29, 0.717) is 12.3 Å². The number of ether oxygens (including phenoxy) is 1. The van der Waals surface area contributed by atoms with Crippen molar-refractivity contribution in [3.63, 3.8) is 0 Å². The second kappa shape index (κ2) is 7.86. The van der Waals surface area contributed by atoms with Gasteiger partial charge in [-0.2, -0.15) is 5.10 Å². The highest BCUT2D eigenvalue weighted by Crippen LogP contribution is 2.26. The minimum Gasteiger partial charge on any atom is -0.495 e. The third-order valence-corrected chi connectivity index (χ3v) is 5.39. The van der Waals surface area contributed by atoms with Gasteiger partial charge in [0.2, 0.25) is 10.0 Å². The highest BCUT2D eigenvalue weighted by molar-refractivity contribution is 7.89. The lowest BCUT2D eigenvalue weighted by Crippen LogP contribution is -2.27. The summed E-state index contributed by atoms with van der Waals surface area (Å²) in [6.45, 7) is 0.575. The number of aromatic nitrogens is 3. The lowest BCUT2D eigenvalue weighted by Gasteiger charge is -2.09. The Kier molecular flexibility index (Phi) is 5.55. The van der Waals surface area contributed by atoms with E-state index in [1.165, 1.54) is 25.3 Å². The van der Waals surface area contributed by atoms with E-state index in [1.807, 2.05) is 24.3 Å². The summed E-state index contributed by atoms with van der Waals surface area (Å²) in [5, 5.41) is 4.63. The molecule has 7 nitrogen and oxygen atoms in total. The Labute approximate surface area is 156 Å². The van der Waals surface area contributed by atoms with Crippen LogP contribution in [0.5, 0.6) is 5.75 Å². The number of hydrogen-bond acceptors (Lipinski definition) is 5. The first-order valence-corrected chi connectivity index (χ1v) is 9.64. The molecule has 0 amide bonds. The van der Waals surface area contributed by atoms with Crippen molar-refractivity contribution < 1.29 is 13.2 Å². The number of hydrogen-bond donors (Lipinski definition) is 1. The van der Waals surface area contributed by atoms with Crippen LogP contribution in [0.15, 0.2) is 59.8 Å². The topological polar surface area (TPSA) is 86.1 Å². The molecule has 2 aromatic heterocycles. The Bertz CT molecular complexity index is 990. The fraction of sp³-hybridized carbons (Fsp3) is 0.176. The summed E-state index contributed by atoms with van der Waals surface area (Å²) in [5.41, 5.74) is 1.50. The third-order valence-electron chi connectivity index (χ3n) is 3.63. The van der Waals surface area contributed by atoms with Crippen molar-refractivity contribution in [2.24, 2.45) is 0 Å². The molecule has 0 aliphatic heterocycles. The number of halogens is 1. The maximum absolute atomic E-state index is 12.4. The molecule has 0 unspecified atom stereocenters. The minimum atomic E-state index is -3.67. The Morgan fingerprint density at radius 2 is 2.04 bits per heavy atom. The minimum absolute atomic E-state index is 0.0814. The van der Waals surface area contributed by atoms with Gasteiger partial charge in [0.1, 0.15) is 11.4 Å². The van der Waals surface area contributed by atoms with Gasteiger partial charge in [-0.05, 0) is 36.4 Å². The Balaban J connectivity index is 1.62. The first-order valence-electron chi connectivity index (χ1n) is 7.78. The summed E-state index contributed by atoms with van der Waals surface area (Å²) in [4.78, 5) is 4.32. The molecule has 0 aliphatic carbocycles. The van der Waals surface area contributed by atoms with E-state index in [4.69, 9.17) is 16.3 Å². The van der Waals surface area contributed by atoms with Crippen molar-refractivity contribution in [2.75, 3.05) is 13.7 Å². The lowest BCUT2D eigenvalue weighted by atomic mass is 10.3. The summed E-state index contributed by atoms with van der Waals surface area (Å²) in [6.07, 6.45) is 3.48. The first kappa shape index (κ1) is 18.4. The van der Waals surface area contributed by atoms with Gasteiger partial charge in [0.15, 0.2) is 0 Å². The number of methoxy groups -OCH3 is 1. The maximum atomic E-state index is 12.4. The van der Waals surface area contributed by atoms with Crippen molar-refractivity contribution in [2.45, 2.75) is 11.4 Å². The standard InChI is InChI=1S/C17H17ClN4O3S/c1-25-17-6-5-13(12-14(17)18)26(23,24)20-9-11-22-10-7-16(21-22)15-4-2-3-8-19-15/h2-8,10,12,20H,9,11H2,1H3. The Morgan fingerprint density at radius 3 is 2.73 bits per heavy atom. The quantitative estimate of drug-likeness (QED) is 0.667. The first-order chi connectivity index (χ1) is 12.5. The van der Waals surface area contributed by atoms with Gasteiger partial charge in [0.05, 0.1) is 29.3 Å². The molecular formula is C17H17ClN4O3S. The smallest absolute Gasteiger partial charge is 0.240 e. The fourth-order valence-electron chi connectivity index (χ4n) is 2.33. The highest BCUT2D eigenvalue weighted by Gasteiger charge is 2.15. The van der Waals surface area contributed by atoms with Crippen molar-refractivity contribution in [1.82, 2.24) is 19.5 Å². The van der Waals surface area contributed by atoms with Gasteiger partial charge in [0.25, 0.3) is 0 Å². The molecule has 0 saturated carbocycles. The molecule has 136 valence electrons. The van der Waals surface area contributed by atoms with E-state index in [1.54, 1.807) is 17.1 Å². The number of benzene rings is 1. The number of nitrogens with zero attached hydrogens (tertiary/aromatic N) is 3. The zero-order chi connectivity index (χ0) is 18.6. The predicted octanol–water partition coefficient (Wildman–Crippen LogP) is 2.59. The van der Waals surface area contributed by atoms with Gasteiger partial charge in [-0.25, -0.2) is 13.1 Å². The van der Waals surface area contributed by atoms with Crippen LogP contribution in [0, 0.1) is 0 Å². The van der Waals surface area contributed by atoms with Crippen LogP contribution in [-0.2, 0) is 16.6 Å². The van der Waals surface area contributed by atoms with Gasteiger partial charge in [-0.15, -0.1) is 0 Å². The average molecular weight is 393 g/mol. The molecule has 0 atom stereocenters. The van der Waals surface area contributed by atoms with Crippen molar-refractivity contribution in [3.05, 3.63) is 59.9 Å². The fourth-order valence-corrected chi connectivity index (χ4v) is 3.70. The zero-order valence-corrected chi connectivity index (χ0v) is 15.5. The summed E-state index contributed by atoms with van der Waals surface area (Å²) in [6, 6.07) is 11.7. The van der Waals surface area contributed by atoms with Gasteiger partial charge in [-0.3, -0.25) is 9.67 Å². The maximum Gasteiger partial charge on any atom is 0.240 e. The average Bonchev–Trinajstić information content (AvgIpc) is 3.11. The summed E-state index contributed by atoms with van der Waals surface area (Å²) in [5.74, 6) is 0.421. The Hall–Kier alpha value is -2.42. The Morgan fingerprint density at radius 1 is 1.19 bits per heavy atom. The van der Waals surface area contributed by atoms with Crippen LogP contribution < -0.4 is 9.46 Å². The van der Waals surface area contributed by atoms with Gasteiger partial charge < -0.3 is 4.74 Å². The molecule has 2 heterocycles. The number of pyridine rings is 1. The third kappa shape index (κ3) is 4.21. The van der Waals surface area contributed by atoms with E-state index in [0.717, 1.165) is 11.4 Å². The molecule has 0 spiro atoms. The molecule has 0 saturated heterocycles. The van der Waals surface area contributed by atoms with Crippen LogP contribution in [0.4, 0.5) is 0 Å². The van der Waals surface area contributed by atoms with Crippen molar-refractivity contribution >= 4 is 21.6 Å². The lowest BCUT2D eigenvalue weighted by molar-refractivity contribution is 0.414. The van der Waals surface area contributed by atoms with Crippen LogP contribution in [0.2, 0.25) is 5.02 Å². The van der Waals surface area contributed by atoms with E-state index >= 15 is 0 Å². The van der Waals surface area contributed by atoms with Crippen LogP contribution >= 0.6 is 11.6 Å². The molecule has 0 bridgehead atoms. The van der Waals surface area contributed by atoms with Gasteiger partial charge >= 0.3 is 0 Å². The molecule has 9 heteroatoms. The monoisotopic (exact) mass is 392 g/mol. The second-order valence-corrected chi connectivity index (χ2v) is 7.55. The van der Waals surface area contributed by atoms with Crippen LogP contribution in [0.1, 0.15) is 0 Å². The number of sulfonamides is 1. The van der Waals surface area contributed by atoms with Crippen molar-refractivity contribution in [3.8, 4) is 17.1 Å². The molecule has 3 aromatic rings. The summed E-state index contributed by atoms with van der Waals surface area (Å²) < 4.78 is 33.9. The predicted molar refractivity (Wildman–Crippen MR) is 98.7 cm³/mol. The van der Waals surface area contributed by atoms with Crippen LogP contribution in [-0.4, -0.2) is 36.8 Å². The van der Waals surface area contributed by atoms with Crippen LogP contribution in [0.3, 0.4) is 0 Å². The number of rotatable bonds is 7. The van der Waals surface area contributed by atoms with Gasteiger partial charge in [-0.1, -0.05) is 17.7 Å². The van der Waals surface area contributed by atoms with Crippen LogP contribution in [0.25, 0.3) is 11.4 Å². The highest BCUT2D eigenvalue weighted by atomic mass is 35.5. The SMILES string of the molecule is COc1ccc(S(=O)(=O)NCCn2ccc(-c3ccccn3)n2)cc1Cl. The molecule has 0 radical (unpaired) electrons. The van der Waals surface area contributed by atoms with Gasteiger partial charge in [0, 0.05) is 18.9 Å². The zero-order valence-electron chi connectivity index (χ0n) is 14.0.